The van der Waals surface area contributed by atoms with E-state index in [1.165, 1.54) is 19.4 Å². The molecule has 1 heterocycles. The van der Waals surface area contributed by atoms with Crippen molar-refractivity contribution in [3.05, 3.63) is 0 Å². The zero-order valence-corrected chi connectivity index (χ0v) is 8.83. The fourth-order valence-corrected chi connectivity index (χ4v) is 2.08. The molecule has 13 heavy (non-hydrogen) atoms. The van der Waals surface area contributed by atoms with Crippen LogP contribution in [0.15, 0.2) is 0 Å². The second kappa shape index (κ2) is 5.58. The van der Waals surface area contributed by atoms with Crippen LogP contribution >= 0.6 is 0 Å². The lowest BCUT2D eigenvalue weighted by atomic mass is 10.2. The first-order valence-electron chi connectivity index (χ1n) is 5.33. The van der Waals surface area contributed by atoms with Gasteiger partial charge in [-0.3, -0.25) is 4.90 Å². The van der Waals surface area contributed by atoms with Crippen LogP contribution in [0.3, 0.4) is 0 Å². The molecule has 0 aromatic carbocycles. The first-order valence-corrected chi connectivity index (χ1v) is 5.33. The summed E-state index contributed by atoms with van der Waals surface area (Å²) in [5.41, 5.74) is 5.71. The molecule has 0 spiro atoms. The number of likely N-dealkylation sites (tertiary alicyclic amines) is 1. The Bertz CT molecular complexity index is 141. The lowest BCUT2D eigenvalue weighted by Crippen LogP contribution is -2.43. The molecular formula is C10H22N2O. The molecule has 1 saturated heterocycles. The second-order valence-corrected chi connectivity index (χ2v) is 3.78. The molecule has 3 nitrogen and oxygen atoms in total. The fourth-order valence-electron chi connectivity index (χ4n) is 2.08. The lowest BCUT2D eigenvalue weighted by molar-refractivity contribution is 0.0688. The van der Waals surface area contributed by atoms with Gasteiger partial charge in [-0.15, -0.1) is 0 Å². The zero-order valence-electron chi connectivity index (χ0n) is 8.83. The summed E-state index contributed by atoms with van der Waals surface area (Å²) in [7, 11) is 0. The van der Waals surface area contributed by atoms with Crippen molar-refractivity contribution in [1.29, 1.82) is 0 Å². The van der Waals surface area contributed by atoms with Gasteiger partial charge in [0.25, 0.3) is 0 Å². The summed E-state index contributed by atoms with van der Waals surface area (Å²) in [6, 6.07) is 1.12. The van der Waals surface area contributed by atoms with Crippen molar-refractivity contribution < 1.29 is 4.74 Å². The maximum atomic E-state index is 5.71. The molecule has 0 radical (unpaired) electrons. The van der Waals surface area contributed by atoms with E-state index in [9.17, 15) is 0 Å². The van der Waals surface area contributed by atoms with Crippen LogP contribution in [-0.4, -0.2) is 43.3 Å². The minimum absolute atomic E-state index is 0.524. The van der Waals surface area contributed by atoms with Gasteiger partial charge in [-0.05, 0) is 33.2 Å². The summed E-state index contributed by atoms with van der Waals surface area (Å²) in [5, 5.41) is 0. The van der Waals surface area contributed by atoms with Crippen molar-refractivity contribution in [3.63, 3.8) is 0 Å². The first-order chi connectivity index (χ1) is 6.29. The Morgan fingerprint density at radius 1 is 1.62 bits per heavy atom. The van der Waals surface area contributed by atoms with Crippen LogP contribution in [0.1, 0.15) is 26.7 Å². The monoisotopic (exact) mass is 186 g/mol. The standard InChI is InChI=1S/C10H22N2O/c1-3-13-8-9(2)12-6-4-5-10(12)7-11/h9-10H,3-8,11H2,1-2H3. The molecule has 2 atom stereocenters. The molecule has 0 aromatic rings. The van der Waals surface area contributed by atoms with E-state index in [4.69, 9.17) is 10.5 Å². The van der Waals surface area contributed by atoms with Gasteiger partial charge in [-0.25, -0.2) is 0 Å². The highest BCUT2D eigenvalue weighted by Crippen LogP contribution is 2.19. The zero-order chi connectivity index (χ0) is 9.68. The molecule has 0 aliphatic carbocycles. The van der Waals surface area contributed by atoms with Gasteiger partial charge in [0.1, 0.15) is 0 Å². The van der Waals surface area contributed by atoms with Crippen LogP contribution < -0.4 is 5.73 Å². The van der Waals surface area contributed by atoms with Crippen molar-refractivity contribution >= 4 is 0 Å². The van der Waals surface area contributed by atoms with Crippen LogP contribution in [0.5, 0.6) is 0 Å². The number of nitrogens with zero attached hydrogens (tertiary/aromatic N) is 1. The van der Waals surface area contributed by atoms with Crippen molar-refractivity contribution in [1.82, 2.24) is 4.90 Å². The Morgan fingerprint density at radius 3 is 3.00 bits per heavy atom. The van der Waals surface area contributed by atoms with Crippen molar-refractivity contribution in [3.8, 4) is 0 Å². The summed E-state index contributed by atoms with van der Waals surface area (Å²) in [6.07, 6.45) is 2.55. The molecule has 1 aliphatic rings. The molecule has 78 valence electrons. The van der Waals surface area contributed by atoms with Crippen LogP contribution in [0, 0.1) is 0 Å². The van der Waals surface area contributed by atoms with E-state index in [1.54, 1.807) is 0 Å². The summed E-state index contributed by atoms with van der Waals surface area (Å²) in [4.78, 5) is 2.48. The number of ether oxygens (including phenoxy) is 1. The number of hydrogen-bond acceptors (Lipinski definition) is 3. The molecule has 1 aliphatic heterocycles. The highest BCUT2D eigenvalue weighted by molar-refractivity contribution is 4.83. The quantitative estimate of drug-likeness (QED) is 0.691. The Balaban J connectivity index is 2.31. The predicted molar refractivity (Wildman–Crippen MR) is 54.7 cm³/mol. The maximum Gasteiger partial charge on any atom is 0.0619 e. The van der Waals surface area contributed by atoms with Gasteiger partial charge < -0.3 is 10.5 Å². The normalized spacial score (nSPS) is 26.5. The molecule has 0 bridgehead atoms. The van der Waals surface area contributed by atoms with Gasteiger partial charge in [-0.1, -0.05) is 0 Å². The van der Waals surface area contributed by atoms with E-state index < -0.39 is 0 Å². The fraction of sp³-hybridized carbons (Fsp3) is 1.00. The average Bonchev–Trinajstić information content (AvgIpc) is 2.61. The summed E-state index contributed by atoms with van der Waals surface area (Å²) in [5.74, 6) is 0. The number of rotatable bonds is 5. The van der Waals surface area contributed by atoms with E-state index in [1.807, 2.05) is 6.92 Å². The van der Waals surface area contributed by atoms with Crippen molar-refractivity contribution in [2.24, 2.45) is 5.73 Å². The number of nitrogens with two attached hydrogens (primary N) is 1. The Labute approximate surface area is 81.2 Å². The predicted octanol–water partition coefficient (Wildman–Crippen LogP) is 0.835. The highest BCUT2D eigenvalue weighted by atomic mass is 16.5. The third-order valence-electron chi connectivity index (χ3n) is 2.82. The molecule has 3 heteroatoms. The summed E-state index contributed by atoms with van der Waals surface area (Å²) < 4.78 is 5.42. The van der Waals surface area contributed by atoms with Gasteiger partial charge in [0, 0.05) is 25.2 Å². The van der Waals surface area contributed by atoms with Gasteiger partial charge in [0.15, 0.2) is 0 Å². The topological polar surface area (TPSA) is 38.5 Å². The first kappa shape index (κ1) is 11.0. The van der Waals surface area contributed by atoms with E-state index >= 15 is 0 Å². The Hall–Kier alpha value is -0.120. The van der Waals surface area contributed by atoms with Crippen LogP contribution in [-0.2, 0) is 4.74 Å². The van der Waals surface area contributed by atoms with Gasteiger partial charge in [0.2, 0.25) is 0 Å². The summed E-state index contributed by atoms with van der Waals surface area (Å²) in [6.45, 7) is 7.89. The van der Waals surface area contributed by atoms with E-state index in [-0.39, 0.29) is 0 Å². The Morgan fingerprint density at radius 2 is 2.38 bits per heavy atom. The molecule has 0 aromatic heterocycles. The molecule has 1 fully saturated rings. The lowest BCUT2D eigenvalue weighted by Gasteiger charge is -2.29. The van der Waals surface area contributed by atoms with E-state index in [0.717, 1.165) is 19.8 Å². The SMILES string of the molecule is CCOCC(C)N1CCCC1CN. The molecule has 0 amide bonds. The molecule has 2 unspecified atom stereocenters. The van der Waals surface area contributed by atoms with Crippen LogP contribution in [0.4, 0.5) is 0 Å². The van der Waals surface area contributed by atoms with Gasteiger partial charge in [0.05, 0.1) is 6.61 Å². The highest BCUT2D eigenvalue weighted by Gasteiger charge is 2.26. The minimum Gasteiger partial charge on any atom is -0.380 e. The molecule has 0 saturated carbocycles. The molecular weight excluding hydrogens is 164 g/mol. The molecule has 1 rings (SSSR count). The van der Waals surface area contributed by atoms with Gasteiger partial charge in [-0.2, -0.15) is 0 Å². The van der Waals surface area contributed by atoms with E-state index in [0.29, 0.717) is 12.1 Å². The largest absolute Gasteiger partial charge is 0.380 e. The van der Waals surface area contributed by atoms with E-state index in [2.05, 4.69) is 11.8 Å². The average molecular weight is 186 g/mol. The third kappa shape index (κ3) is 2.93. The maximum absolute atomic E-state index is 5.71. The van der Waals surface area contributed by atoms with Crippen molar-refractivity contribution in [2.75, 3.05) is 26.3 Å². The second-order valence-electron chi connectivity index (χ2n) is 3.78. The van der Waals surface area contributed by atoms with Crippen LogP contribution in [0.25, 0.3) is 0 Å². The molecule has 2 N–H and O–H groups in total. The smallest absolute Gasteiger partial charge is 0.0619 e. The Kier molecular flexibility index (Phi) is 4.70. The van der Waals surface area contributed by atoms with Crippen molar-refractivity contribution in [2.45, 2.75) is 38.8 Å². The third-order valence-corrected chi connectivity index (χ3v) is 2.82. The van der Waals surface area contributed by atoms with Crippen LogP contribution in [0.2, 0.25) is 0 Å². The number of hydrogen-bond donors (Lipinski definition) is 1. The van der Waals surface area contributed by atoms with Gasteiger partial charge >= 0.3 is 0 Å². The minimum atomic E-state index is 0.524. The summed E-state index contributed by atoms with van der Waals surface area (Å²) >= 11 is 0.